The Morgan fingerprint density at radius 1 is 1.31 bits per heavy atom. The number of nitrogens with two attached hydrogens (primary N) is 1. The quantitative estimate of drug-likeness (QED) is 0.906. The van der Waals surface area contributed by atoms with Crippen LogP contribution in [0.15, 0.2) is 29.8 Å². The maximum Gasteiger partial charge on any atom is 0.188 e. The molecule has 4 nitrogen and oxygen atoms in total. The number of anilines is 2. The van der Waals surface area contributed by atoms with Crippen LogP contribution in [0.4, 0.5) is 10.9 Å². The normalized spacial score (nSPS) is 8.81. The molecule has 0 atom stereocenters. The molecule has 2 rings (SSSR count). The van der Waals surface area contributed by atoms with Gasteiger partial charge in [0.15, 0.2) is 5.13 Å². The Morgan fingerprint density at radius 2 is 2.12 bits per heavy atom. The maximum atomic E-state index is 5.46. The van der Waals surface area contributed by atoms with Crippen molar-refractivity contribution >= 4 is 47.1 Å². The van der Waals surface area contributed by atoms with Gasteiger partial charge in [0.2, 0.25) is 0 Å². The molecule has 16 heavy (non-hydrogen) atoms. The van der Waals surface area contributed by atoms with Gasteiger partial charge in [-0.1, -0.05) is 6.07 Å². The van der Waals surface area contributed by atoms with Crippen molar-refractivity contribution in [3.63, 3.8) is 0 Å². The van der Waals surface area contributed by atoms with Gasteiger partial charge in [-0.25, -0.2) is 9.97 Å². The summed E-state index contributed by atoms with van der Waals surface area (Å²) in [6.07, 6.45) is 1.74. The first-order valence-corrected chi connectivity index (χ1v) is 5.09. The molecule has 0 unspecified atom stereocenters. The third-order valence-corrected chi connectivity index (χ3v) is 2.47. The van der Waals surface area contributed by atoms with Crippen LogP contribution in [-0.2, 0) is 6.54 Å². The van der Waals surface area contributed by atoms with Crippen LogP contribution in [0.3, 0.4) is 0 Å². The molecule has 88 valence electrons. The molecule has 7 heteroatoms. The van der Waals surface area contributed by atoms with Gasteiger partial charge in [0.05, 0.1) is 5.69 Å². The molecule has 0 saturated carbocycles. The molecular weight excluding hydrogens is 267 g/mol. The van der Waals surface area contributed by atoms with Crippen LogP contribution >= 0.6 is 36.2 Å². The lowest BCUT2D eigenvalue weighted by atomic mass is 10.5. The summed E-state index contributed by atoms with van der Waals surface area (Å²) >= 11 is 1.53. The molecule has 0 spiro atoms. The molecule has 2 aromatic heterocycles. The zero-order valence-corrected chi connectivity index (χ0v) is 10.7. The number of aromatic nitrogens is 2. The van der Waals surface area contributed by atoms with Crippen molar-refractivity contribution in [1.29, 1.82) is 0 Å². The summed E-state index contributed by atoms with van der Waals surface area (Å²) in [5, 5.41) is 5.86. The van der Waals surface area contributed by atoms with Crippen molar-refractivity contribution < 1.29 is 0 Å². The van der Waals surface area contributed by atoms with E-state index in [9.17, 15) is 0 Å². The van der Waals surface area contributed by atoms with Crippen molar-refractivity contribution in [2.75, 3.05) is 5.32 Å². The molecule has 0 aliphatic carbocycles. The SMILES string of the molecule is Cl.Cl.NCc1csc(Nc2ccccn2)n1. The zero-order valence-electron chi connectivity index (χ0n) is 8.29. The van der Waals surface area contributed by atoms with Gasteiger partial charge in [-0.05, 0) is 12.1 Å². The fourth-order valence-electron chi connectivity index (χ4n) is 1.00. The third kappa shape index (κ3) is 3.94. The number of hydrogen-bond donors (Lipinski definition) is 2. The first-order valence-electron chi connectivity index (χ1n) is 4.21. The van der Waals surface area contributed by atoms with Gasteiger partial charge in [0.25, 0.3) is 0 Å². The molecule has 0 fully saturated rings. The standard InChI is InChI=1S/C9H10N4S.2ClH/c10-5-7-6-14-9(12-7)13-8-3-1-2-4-11-8;;/h1-4,6H,5,10H2,(H,11,12,13);2*1H. The Hall–Kier alpha value is -0.880. The Bertz CT molecular complexity index is 407. The molecule has 2 aromatic rings. The van der Waals surface area contributed by atoms with Crippen LogP contribution in [0.1, 0.15) is 5.69 Å². The van der Waals surface area contributed by atoms with E-state index in [1.165, 1.54) is 11.3 Å². The first-order chi connectivity index (χ1) is 6.88. The average molecular weight is 279 g/mol. The predicted molar refractivity (Wildman–Crippen MR) is 72.0 cm³/mol. The molecular formula is C9H12Cl2N4S. The van der Waals surface area contributed by atoms with Crippen LogP contribution in [0.5, 0.6) is 0 Å². The molecule has 3 N–H and O–H groups in total. The summed E-state index contributed by atoms with van der Waals surface area (Å²) in [6, 6.07) is 5.69. The number of rotatable bonds is 3. The van der Waals surface area contributed by atoms with E-state index >= 15 is 0 Å². The van der Waals surface area contributed by atoms with Crippen molar-refractivity contribution in [2.45, 2.75) is 6.54 Å². The van der Waals surface area contributed by atoms with Gasteiger partial charge >= 0.3 is 0 Å². The summed E-state index contributed by atoms with van der Waals surface area (Å²) in [5.74, 6) is 0.797. The number of halogens is 2. The van der Waals surface area contributed by atoms with E-state index in [2.05, 4.69) is 15.3 Å². The summed E-state index contributed by atoms with van der Waals surface area (Å²) in [5.41, 5.74) is 6.35. The van der Waals surface area contributed by atoms with Crippen molar-refractivity contribution in [3.05, 3.63) is 35.5 Å². The van der Waals surface area contributed by atoms with Crippen molar-refractivity contribution in [3.8, 4) is 0 Å². The number of hydrogen-bond acceptors (Lipinski definition) is 5. The van der Waals surface area contributed by atoms with Gasteiger partial charge in [-0.15, -0.1) is 36.2 Å². The molecule has 0 saturated heterocycles. The monoisotopic (exact) mass is 278 g/mol. The zero-order chi connectivity index (χ0) is 9.80. The van der Waals surface area contributed by atoms with Gasteiger partial charge in [0.1, 0.15) is 5.82 Å². The van der Waals surface area contributed by atoms with Gasteiger partial charge in [-0.3, -0.25) is 0 Å². The van der Waals surface area contributed by atoms with E-state index in [0.717, 1.165) is 16.6 Å². The molecule has 0 amide bonds. The lowest BCUT2D eigenvalue weighted by molar-refractivity contribution is 1.01. The summed E-state index contributed by atoms with van der Waals surface area (Å²) in [4.78, 5) is 8.40. The Morgan fingerprint density at radius 3 is 2.69 bits per heavy atom. The fraction of sp³-hybridized carbons (Fsp3) is 0.111. The van der Waals surface area contributed by atoms with E-state index in [4.69, 9.17) is 5.73 Å². The smallest absolute Gasteiger partial charge is 0.188 e. The van der Waals surface area contributed by atoms with E-state index in [1.54, 1.807) is 6.20 Å². The molecule has 0 bridgehead atoms. The maximum absolute atomic E-state index is 5.46. The van der Waals surface area contributed by atoms with E-state index in [0.29, 0.717) is 6.54 Å². The summed E-state index contributed by atoms with van der Waals surface area (Å²) in [6.45, 7) is 0.473. The van der Waals surface area contributed by atoms with Crippen LogP contribution in [0.2, 0.25) is 0 Å². The second-order valence-corrected chi connectivity index (χ2v) is 3.55. The lowest BCUT2D eigenvalue weighted by Crippen LogP contribution is -1.97. The minimum atomic E-state index is 0. The molecule has 0 aromatic carbocycles. The van der Waals surface area contributed by atoms with Gasteiger partial charge in [-0.2, -0.15) is 0 Å². The van der Waals surface area contributed by atoms with E-state index in [1.807, 2.05) is 23.6 Å². The number of nitrogens with zero attached hydrogens (tertiary/aromatic N) is 2. The Balaban J connectivity index is 0.00000112. The van der Waals surface area contributed by atoms with E-state index < -0.39 is 0 Å². The average Bonchev–Trinajstić information content (AvgIpc) is 2.67. The minimum absolute atomic E-state index is 0. The van der Waals surface area contributed by atoms with Crippen LogP contribution < -0.4 is 11.1 Å². The first kappa shape index (κ1) is 15.1. The van der Waals surface area contributed by atoms with Gasteiger partial charge < -0.3 is 11.1 Å². The minimum Gasteiger partial charge on any atom is -0.325 e. The molecule has 0 aliphatic rings. The molecule has 0 radical (unpaired) electrons. The van der Waals surface area contributed by atoms with Crippen LogP contribution in [0.25, 0.3) is 0 Å². The predicted octanol–water partition coefficient (Wildman–Crippen LogP) is 2.58. The number of nitrogens with one attached hydrogen (secondary N) is 1. The number of thiazole rings is 1. The van der Waals surface area contributed by atoms with Gasteiger partial charge in [0, 0.05) is 18.1 Å². The second-order valence-electron chi connectivity index (χ2n) is 2.69. The highest BCUT2D eigenvalue weighted by molar-refractivity contribution is 7.13. The Kier molecular flexibility index (Phi) is 7.00. The fourth-order valence-corrected chi connectivity index (χ4v) is 1.73. The van der Waals surface area contributed by atoms with E-state index in [-0.39, 0.29) is 24.8 Å². The topological polar surface area (TPSA) is 63.8 Å². The highest BCUT2D eigenvalue weighted by Crippen LogP contribution is 2.18. The van der Waals surface area contributed by atoms with Crippen molar-refractivity contribution in [1.82, 2.24) is 9.97 Å². The largest absolute Gasteiger partial charge is 0.325 e. The van der Waals surface area contributed by atoms with Crippen LogP contribution in [-0.4, -0.2) is 9.97 Å². The highest BCUT2D eigenvalue weighted by atomic mass is 35.5. The Labute approximate surface area is 110 Å². The summed E-state index contributed by atoms with van der Waals surface area (Å²) < 4.78 is 0. The molecule has 2 heterocycles. The summed E-state index contributed by atoms with van der Waals surface area (Å²) in [7, 11) is 0. The highest BCUT2D eigenvalue weighted by Gasteiger charge is 2.00. The second kappa shape index (κ2) is 7.40. The van der Waals surface area contributed by atoms with Crippen molar-refractivity contribution in [2.24, 2.45) is 5.73 Å². The molecule has 0 aliphatic heterocycles. The lowest BCUT2D eigenvalue weighted by Gasteiger charge is -1.98. The third-order valence-electron chi connectivity index (χ3n) is 1.66. The van der Waals surface area contributed by atoms with Crippen LogP contribution in [0, 0.1) is 0 Å². The number of pyridine rings is 1.